The van der Waals surface area contributed by atoms with Gasteiger partial charge < -0.3 is 19.9 Å². The molecule has 0 bridgehead atoms. The highest BCUT2D eigenvalue weighted by atomic mass is 16.4. The highest BCUT2D eigenvalue weighted by Crippen LogP contribution is 2.25. The molecule has 2 fully saturated rings. The Hall–Kier alpha value is -2.05. The molecule has 1 saturated heterocycles. The normalized spacial score (nSPS) is 27.8. The van der Waals surface area contributed by atoms with Gasteiger partial charge in [0.2, 0.25) is 0 Å². The number of carbonyl (C=O) groups excluding carboxylic acids is 1. The highest BCUT2D eigenvalue weighted by molar-refractivity contribution is 5.75. The van der Waals surface area contributed by atoms with Gasteiger partial charge in [-0.15, -0.1) is 0 Å². The number of amides is 2. The lowest BCUT2D eigenvalue weighted by Gasteiger charge is -2.31. The minimum absolute atomic E-state index is 0.00797. The number of nitrogens with one attached hydrogen (secondary N) is 1. The number of carboxylic acids is 1. The third-order valence-corrected chi connectivity index (χ3v) is 5.02. The Bertz CT molecular complexity index is 538. The van der Waals surface area contributed by atoms with Gasteiger partial charge in [0.1, 0.15) is 0 Å². The molecule has 1 saturated carbocycles. The summed E-state index contributed by atoms with van der Waals surface area (Å²) in [7, 11) is 0. The van der Waals surface area contributed by atoms with Crippen LogP contribution in [-0.4, -0.2) is 50.2 Å². The first-order chi connectivity index (χ1) is 11.1. The van der Waals surface area contributed by atoms with E-state index in [1.807, 2.05) is 15.7 Å². The number of aliphatic carboxylic acids is 1. The Morgan fingerprint density at radius 2 is 2.00 bits per heavy atom. The summed E-state index contributed by atoms with van der Waals surface area (Å²) in [5, 5.41) is 12.1. The zero-order chi connectivity index (χ0) is 16.2. The molecule has 7 nitrogen and oxygen atoms in total. The van der Waals surface area contributed by atoms with Crippen molar-refractivity contribution < 1.29 is 14.7 Å². The van der Waals surface area contributed by atoms with E-state index in [0.29, 0.717) is 12.8 Å². The summed E-state index contributed by atoms with van der Waals surface area (Å²) in [6, 6.07) is 0.304. The van der Waals surface area contributed by atoms with Crippen molar-refractivity contribution in [2.45, 2.75) is 57.2 Å². The SMILES string of the molecule is O=C(O)C1CCC(NC(=O)N2CCCC2Cn2ccnc2)CC1. The third-order valence-electron chi connectivity index (χ3n) is 5.02. The molecular weight excluding hydrogens is 296 g/mol. The maximum atomic E-state index is 12.5. The van der Waals surface area contributed by atoms with Crippen LogP contribution in [0.1, 0.15) is 38.5 Å². The van der Waals surface area contributed by atoms with Crippen molar-refractivity contribution in [2.24, 2.45) is 5.92 Å². The number of likely N-dealkylation sites (tertiary alicyclic amines) is 1. The molecule has 1 aliphatic heterocycles. The van der Waals surface area contributed by atoms with E-state index >= 15 is 0 Å². The van der Waals surface area contributed by atoms with Crippen molar-refractivity contribution in [3.05, 3.63) is 18.7 Å². The number of carbonyl (C=O) groups is 2. The van der Waals surface area contributed by atoms with Crippen LogP contribution in [0, 0.1) is 5.92 Å². The second-order valence-electron chi connectivity index (χ2n) is 6.59. The number of urea groups is 1. The van der Waals surface area contributed by atoms with Gasteiger partial charge >= 0.3 is 12.0 Å². The van der Waals surface area contributed by atoms with Crippen molar-refractivity contribution >= 4 is 12.0 Å². The van der Waals surface area contributed by atoms with Crippen LogP contribution < -0.4 is 5.32 Å². The summed E-state index contributed by atoms with van der Waals surface area (Å²) in [4.78, 5) is 29.5. The molecule has 126 valence electrons. The van der Waals surface area contributed by atoms with Gasteiger partial charge in [0.15, 0.2) is 0 Å². The number of carboxylic acid groups (broad SMARTS) is 1. The van der Waals surface area contributed by atoms with Gasteiger partial charge in [-0.1, -0.05) is 0 Å². The fourth-order valence-electron chi connectivity index (χ4n) is 3.67. The topological polar surface area (TPSA) is 87.5 Å². The van der Waals surface area contributed by atoms with Crippen LogP contribution in [0.25, 0.3) is 0 Å². The maximum Gasteiger partial charge on any atom is 0.317 e. The van der Waals surface area contributed by atoms with Crippen LogP contribution in [0.3, 0.4) is 0 Å². The predicted molar refractivity (Wildman–Crippen MR) is 83.9 cm³/mol. The summed E-state index contributed by atoms with van der Waals surface area (Å²) < 4.78 is 2.01. The van der Waals surface area contributed by atoms with E-state index in [0.717, 1.165) is 38.8 Å². The lowest BCUT2D eigenvalue weighted by Crippen LogP contribution is -2.48. The number of imidazole rings is 1. The second-order valence-corrected chi connectivity index (χ2v) is 6.59. The summed E-state index contributed by atoms with van der Waals surface area (Å²) in [5.74, 6) is -0.960. The fourth-order valence-corrected chi connectivity index (χ4v) is 3.67. The quantitative estimate of drug-likeness (QED) is 0.884. The molecule has 2 heterocycles. The van der Waals surface area contributed by atoms with Gasteiger partial charge in [-0.2, -0.15) is 0 Å². The van der Waals surface area contributed by atoms with Crippen LogP contribution in [-0.2, 0) is 11.3 Å². The summed E-state index contributed by atoms with van der Waals surface area (Å²) in [6.07, 6.45) is 10.3. The first-order valence-electron chi connectivity index (χ1n) is 8.39. The average molecular weight is 320 g/mol. The Balaban J connectivity index is 1.50. The molecule has 2 aliphatic rings. The van der Waals surface area contributed by atoms with Crippen LogP contribution in [0.15, 0.2) is 18.7 Å². The van der Waals surface area contributed by atoms with Gasteiger partial charge in [-0.25, -0.2) is 9.78 Å². The van der Waals surface area contributed by atoms with Gasteiger partial charge in [0.05, 0.1) is 18.3 Å². The van der Waals surface area contributed by atoms with Crippen molar-refractivity contribution in [3.63, 3.8) is 0 Å². The number of rotatable bonds is 4. The lowest BCUT2D eigenvalue weighted by atomic mass is 9.86. The molecule has 2 N–H and O–H groups in total. The van der Waals surface area contributed by atoms with E-state index in [2.05, 4.69) is 10.3 Å². The van der Waals surface area contributed by atoms with E-state index < -0.39 is 5.97 Å². The maximum absolute atomic E-state index is 12.5. The Kier molecular flexibility index (Phi) is 4.83. The molecule has 1 unspecified atom stereocenters. The van der Waals surface area contributed by atoms with Gasteiger partial charge in [-0.05, 0) is 38.5 Å². The monoisotopic (exact) mass is 320 g/mol. The second kappa shape index (κ2) is 7.02. The number of aromatic nitrogens is 2. The van der Waals surface area contributed by atoms with E-state index in [4.69, 9.17) is 5.11 Å². The fraction of sp³-hybridized carbons (Fsp3) is 0.688. The van der Waals surface area contributed by atoms with Crippen molar-refractivity contribution in [1.82, 2.24) is 19.8 Å². The first-order valence-corrected chi connectivity index (χ1v) is 8.39. The Morgan fingerprint density at radius 1 is 1.22 bits per heavy atom. The van der Waals surface area contributed by atoms with E-state index in [1.165, 1.54) is 0 Å². The minimum Gasteiger partial charge on any atom is -0.481 e. The number of nitrogens with zero attached hydrogens (tertiary/aromatic N) is 3. The molecule has 23 heavy (non-hydrogen) atoms. The van der Waals surface area contributed by atoms with E-state index in [-0.39, 0.29) is 24.0 Å². The predicted octanol–water partition coefficient (Wildman–Crippen LogP) is 1.70. The molecule has 0 aromatic carbocycles. The van der Waals surface area contributed by atoms with Crippen LogP contribution in [0.4, 0.5) is 4.79 Å². The Labute approximate surface area is 135 Å². The largest absolute Gasteiger partial charge is 0.481 e. The lowest BCUT2D eigenvalue weighted by molar-refractivity contribution is -0.142. The van der Waals surface area contributed by atoms with Gasteiger partial charge in [-0.3, -0.25) is 4.79 Å². The van der Waals surface area contributed by atoms with Crippen molar-refractivity contribution in [2.75, 3.05) is 6.54 Å². The van der Waals surface area contributed by atoms with Crippen molar-refractivity contribution in [1.29, 1.82) is 0 Å². The van der Waals surface area contributed by atoms with Gasteiger partial charge in [0, 0.05) is 31.5 Å². The van der Waals surface area contributed by atoms with Gasteiger partial charge in [0.25, 0.3) is 0 Å². The zero-order valence-electron chi connectivity index (χ0n) is 13.2. The minimum atomic E-state index is -0.713. The molecule has 1 atom stereocenters. The van der Waals surface area contributed by atoms with Crippen LogP contribution in [0.5, 0.6) is 0 Å². The Morgan fingerprint density at radius 3 is 2.65 bits per heavy atom. The molecule has 3 rings (SSSR count). The molecular formula is C16H24N4O3. The molecule has 1 aliphatic carbocycles. The van der Waals surface area contributed by atoms with E-state index in [9.17, 15) is 9.59 Å². The summed E-state index contributed by atoms with van der Waals surface area (Å²) >= 11 is 0. The van der Waals surface area contributed by atoms with E-state index in [1.54, 1.807) is 12.5 Å². The van der Waals surface area contributed by atoms with Crippen LogP contribution in [0.2, 0.25) is 0 Å². The number of hydrogen-bond acceptors (Lipinski definition) is 3. The molecule has 0 spiro atoms. The smallest absolute Gasteiger partial charge is 0.317 e. The molecule has 1 aromatic heterocycles. The molecule has 1 aromatic rings. The molecule has 7 heteroatoms. The third kappa shape index (κ3) is 3.83. The zero-order valence-corrected chi connectivity index (χ0v) is 13.2. The first kappa shape index (κ1) is 15.8. The van der Waals surface area contributed by atoms with Crippen molar-refractivity contribution in [3.8, 4) is 0 Å². The van der Waals surface area contributed by atoms with Crippen LogP contribution >= 0.6 is 0 Å². The summed E-state index contributed by atoms with van der Waals surface area (Å²) in [5.41, 5.74) is 0. The highest BCUT2D eigenvalue weighted by Gasteiger charge is 2.32. The summed E-state index contributed by atoms with van der Waals surface area (Å²) in [6.45, 7) is 1.56. The molecule has 2 amide bonds. The molecule has 0 radical (unpaired) electrons. The standard InChI is InChI=1S/C16H24N4O3/c21-15(22)12-3-5-13(6-4-12)18-16(23)20-8-1-2-14(20)10-19-9-7-17-11-19/h7,9,11-14H,1-6,8,10H2,(H,18,23)(H,21,22). The number of hydrogen-bond donors (Lipinski definition) is 2. The average Bonchev–Trinajstić information content (AvgIpc) is 3.20.